The van der Waals surface area contributed by atoms with Crippen LogP contribution in [0.15, 0.2) is 59.5 Å². The maximum absolute atomic E-state index is 12.2. The molecule has 0 heterocycles. The molecule has 3 nitrogen and oxygen atoms in total. The molecule has 0 fully saturated rings. The third-order valence-electron chi connectivity index (χ3n) is 2.96. The Balaban J connectivity index is 2.20. The van der Waals surface area contributed by atoms with Crippen molar-refractivity contribution in [3.63, 3.8) is 0 Å². The highest BCUT2D eigenvalue weighted by Crippen LogP contribution is 2.16. The van der Waals surface area contributed by atoms with Gasteiger partial charge in [-0.2, -0.15) is 0 Å². The fourth-order valence-corrected chi connectivity index (χ4v) is 3.06. The van der Waals surface area contributed by atoms with Crippen molar-refractivity contribution in [1.82, 2.24) is 4.72 Å². The minimum absolute atomic E-state index is 0.257. The number of benzene rings is 2. The van der Waals surface area contributed by atoms with Gasteiger partial charge in [0.25, 0.3) is 0 Å². The molecule has 0 aliphatic heterocycles. The summed E-state index contributed by atoms with van der Waals surface area (Å²) < 4.78 is 27.1. The molecule has 0 radical (unpaired) electrons. The zero-order valence-electron chi connectivity index (χ0n) is 11.0. The van der Waals surface area contributed by atoms with Crippen LogP contribution in [0, 0.1) is 6.92 Å². The first-order chi connectivity index (χ1) is 8.99. The number of hydrogen-bond acceptors (Lipinski definition) is 2. The molecule has 2 aromatic carbocycles. The quantitative estimate of drug-likeness (QED) is 0.932. The second-order valence-electron chi connectivity index (χ2n) is 4.57. The molecule has 1 N–H and O–H groups in total. The maximum Gasteiger partial charge on any atom is 0.241 e. The fourth-order valence-electron chi connectivity index (χ4n) is 1.83. The summed E-state index contributed by atoms with van der Waals surface area (Å²) in [5.74, 6) is 0. The Morgan fingerprint density at radius 3 is 2.11 bits per heavy atom. The molecule has 100 valence electrons. The highest BCUT2D eigenvalue weighted by atomic mass is 32.2. The Labute approximate surface area is 114 Å². The second-order valence-corrected chi connectivity index (χ2v) is 6.28. The van der Waals surface area contributed by atoms with Gasteiger partial charge < -0.3 is 0 Å². The van der Waals surface area contributed by atoms with E-state index in [-0.39, 0.29) is 6.04 Å². The Kier molecular flexibility index (Phi) is 4.02. The van der Waals surface area contributed by atoms with Gasteiger partial charge in [-0.05, 0) is 31.5 Å². The molecule has 19 heavy (non-hydrogen) atoms. The molecule has 0 aliphatic carbocycles. The van der Waals surface area contributed by atoms with Crippen molar-refractivity contribution in [2.45, 2.75) is 24.8 Å². The normalized spacial score (nSPS) is 13.2. The first-order valence-electron chi connectivity index (χ1n) is 6.13. The average Bonchev–Trinajstić information content (AvgIpc) is 2.40. The molecule has 0 bridgehead atoms. The van der Waals surface area contributed by atoms with E-state index < -0.39 is 10.0 Å². The topological polar surface area (TPSA) is 46.2 Å². The van der Waals surface area contributed by atoms with E-state index in [9.17, 15) is 8.42 Å². The van der Waals surface area contributed by atoms with E-state index in [0.29, 0.717) is 4.90 Å². The number of sulfonamides is 1. The third kappa shape index (κ3) is 3.43. The molecule has 2 rings (SSSR count). The molecule has 0 spiro atoms. The molecule has 4 heteroatoms. The zero-order valence-corrected chi connectivity index (χ0v) is 11.8. The van der Waals surface area contributed by atoms with Crippen molar-refractivity contribution < 1.29 is 8.42 Å². The maximum atomic E-state index is 12.2. The predicted octanol–water partition coefficient (Wildman–Crippen LogP) is 3.03. The molecule has 0 amide bonds. The van der Waals surface area contributed by atoms with E-state index in [1.54, 1.807) is 24.3 Å². The van der Waals surface area contributed by atoms with Gasteiger partial charge in [-0.15, -0.1) is 0 Å². The molecule has 1 atom stereocenters. The highest BCUT2D eigenvalue weighted by molar-refractivity contribution is 7.89. The van der Waals surface area contributed by atoms with Crippen LogP contribution in [-0.2, 0) is 10.0 Å². The van der Waals surface area contributed by atoms with E-state index in [1.807, 2.05) is 44.2 Å². The van der Waals surface area contributed by atoms with E-state index >= 15 is 0 Å². The molecule has 1 unspecified atom stereocenters. The Bertz CT molecular complexity index is 634. The van der Waals surface area contributed by atoms with Crippen LogP contribution < -0.4 is 4.72 Å². The van der Waals surface area contributed by atoms with Crippen molar-refractivity contribution in [3.05, 3.63) is 65.7 Å². The fraction of sp³-hybridized carbons (Fsp3) is 0.200. The highest BCUT2D eigenvalue weighted by Gasteiger charge is 2.17. The molecular weight excluding hydrogens is 258 g/mol. The second kappa shape index (κ2) is 5.55. The minimum atomic E-state index is -3.47. The minimum Gasteiger partial charge on any atom is -0.207 e. The van der Waals surface area contributed by atoms with Crippen molar-refractivity contribution >= 4 is 10.0 Å². The summed E-state index contributed by atoms with van der Waals surface area (Å²) in [6.45, 7) is 3.76. The summed E-state index contributed by atoms with van der Waals surface area (Å²) in [4.78, 5) is 0.292. The first-order valence-corrected chi connectivity index (χ1v) is 7.61. The van der Waals surface area contributed by atoms with Crippen molar-refractivity contribution in [1.29, 1.82) is 0 Å². The summed E-state index contributed by atoms with van der Waals surface area (Å²) in [5, 5.41) is 0. The Morgan fingerprint density at radius 2 is 1.53 bits per heavy atom. The van der Waals surface area contributed by atoms with Crippen LogP contribution in [0.25, 0.3) is 0 Å². The molecule has 2 aromatic rings. The standard InChI is InChI=1S/C15H17NO2S/c1-12-8-10-15(11-9-12)19(17,18)16-13(2)14-6-4-3-5-7-14/h3-11,13,16H,1-2H3. The molecule has 0 aromatic heterocycles. The zero-order chi connectivity index (χ0) is 13.9. The van der Waals surface area contributed by atoms with Crippen LogP contribution in [-0.4, -0.2) is 8.42 Å². The van der Waals surface area contributed by atoms with Crippen molar-refractivity contribution in [3.8, 4) is 0 Å². The predicted molar refractivity (Wildman–Crippen MR) is 76.4 cm³/mol. The summed E-state index contributed by atoms with van der Waals surface area (Å²) in [6.07, 6.45) is 0. The smallest absolute Gasteiger partial charge is 0.207 e. The van der Waals surface area contributed by atoms with Gasteiger partial charge in [0.05, 0.1) is 4.90 Å². The van der Waals surface area contributed by atoms with Crippen LogP contribution in [0.1, 0.15) is 24.1 Å². The average molecular weight is 275 g/mol. The summed E-state index contributed by atoms with van der Waals surface area (Å²) in [6, 6.07) is 16.1. The van der Waals surface area contributed by atoms with Gasteiger partial charge in [-0.1, -0.05) is 48.0 Å². The lowest BCUT2D eigenvalue weighted by atomic mass is 10.1. The molecular formula is C15H17NO2S. The van der Waals surface area contributed by atoms with Crippen LogP contribution in [0.2, 0.25) is 0 Å². The van der Waals surface area contributed by atoms with Gasteiger partial charge in [0.15, 0.2) is 0 Å². The van der Waals surface area contributed by atoms with Crippen LogP contribution >= 0.6 is 0 Å². The van der Waals surface area contributed by atoms with Gasteiger partial charge in [-0.25, -0.2) is 13.1 Å². The summed E-state index contributed by atoms with van der Waals surface area (Å²) >= 11 is 0. The van der Waals surface area contributed by atoms with Crippen LogP contribution in [0.4, 0.5) is 0 Å². The van der Waals surface area contributed by atoms with Crippen molar-refractivity contribution in [2.75, 3.05) is 0 Å². The van der Waals surface area contributed by atoms with Crippen LogP contribution in [0.3, 0.4) is 0 Å². The lowest BCUT2D eigenvalue weighted by molar-refractivity contribution is 0.567. The van der Waals surface area contributed by atoms with Gasteiger partial charge in [-0.3, -0.25) is 0 Å². The first kappa shape index (κ1) is 13.8. The van der Waals surface area contributed by atoms with Gasteiger partial charge in [0, 0.05) is 6.04 Å². The lowest BCUT2D eigenvalue weighted by Crippen LogP contribution is -2.26. The van der Waals surface area contributed by atoms with E-state index in [0.717, 1.165) is 11.1 Å². The monoisotopic (exact) mass is 275 g/mol. The van der Waals surface area contributed by atoms with Gasteiger partial charge in [0.2, 0.25) is 10.0 Å². The number of rotatable bonds is 4. The molecule has 0 saturated carbocycles. The van der Waals surface area contributed by atoms with Crippen LogP contribution in [0.5, 0.6) is 0 Å². The Morgan fingerprint density at radius 1 is 0.947 bits per heavy atom. The number of hydrogen-bond donors (Lipinski definition) is 1. The SMILES string of the molecule is Cc1ccc(S(=O)(=O)NC(C)c2ccccc2)cc1. The Hall–Kier alpha value is -1.65. The molecule has 0 saturated heterocycles. The van der Waals surface area contributed by atoms with Crippen molar-refractivity contribution in [2.24, 2.45) is 0 Å². The van der Waals surface area contributed by atoms with Gasteiger partial charge >= 0.3 is 0 Å². The van der Waals surface area contributed by atoms with E-state index in [1.165, 1.54) is 0 Å². The summed E-state index contributed by atoms with van der Waals surface area (Å²) in [7, 11) is -3.47. The third-order valence-corrected chi connectivity index (χ3v) is 4.52. The largest absolute Gasteiger partial charge is 0.241 e. The number of aryl methyl sites for hydroxylation is 1. The summed E-state index contributed by atoms with van der Waals surface area (Å²) in [5.41, 5.74) is 1.98. The van der Waals surface area contributed by atoms with Gasteiger partial charge in [0.1, 0.15) is 0 Å². The number of nitrogens with one attached hydrogen (secondary N) is 1. The molecule has 0 aliphatic rings. The van der Waals surface area contributed by atoms with E-state index in [4.69, 9.17) is 0 Å². The van der Waals surface area contributed by atoms with E-state index in [2.05, 4.69) is 4.72 Å². The lowest BCUT2D eigenvalue weighted by Gasteiger charge is -2.14.